The van der Waals surface area contributed by atoms with Crippen LogP contribution >= 0.6 is 0 Å². The van der Waals surface area contributed by atoms with Crippen LogP contribution in [0.2, 0.25) is 0 Å². The number of aryl methyl sites for hydroxylation is 2. The Bertz CT molecular complexity index is 854. The van der Waals surface area contributed by atoms with Crippen molar-refractivity contribution in [1.29, 1.82) is 0 Å². The molecule has 0 saturated heterocycles. The summed E-state index contributed by atoms with van der Waals surface area (Å²) in [6.45, 7) is 15.8. The van der Waals surface area contributed by atoms with Crippen LogP contribution in [0.15, 0.2) is 65.8 Å². The van der Waals surface area contributed by atoms with Gasteiger partial charge in [-0.25, -0.2) is 11.6 Å². The molecule has 33 heavy (non-hydrogen) atoms. The van der Waals surface area contributed by atoms with Gasteiger partial charge in [0.15, 0.2) is 0 Å². The molecule has 4 rings (SSSR count). The van der Waals surface area contributed by atoms with E-state index in [9.17, 15) is 0 Å². The first-order valence-electron chi connectivity index (χ1n) is 11.7. The van der Waals surface area contributed by atoms with Crippen molar-refractivity contribution in [1.82, 2.24) is 0 Å². The third-order valence-corrected chi connectivity index (χ3v) is 6.48. The third kappa shape index (κ3) is 10.7. The summed E-state index contributed by atoms with van der Waals surface area (Å²) in [5.74, 6) is 0. The Hall–Kier alpha value is -0.617. The van der Waals surface area contributed by atoms with E-state index in [2.05, 4.69) is 103 Å². The molecule has 2 aromatic carbocycles. The molecule has 0 amide bonds. The molecule has 0 nitrogen and oxygen atoms in total. The van der Waals surface area contributed by atoms with E-state index in [0.29, 0.717) is 0 Å². The zero-order chi connectivity index (χ0) is 23.1. The van der Waals surface area contributed by atoms with E-state index in [0.717, 1.165) is 6.42 Å². The molecule has 0 heterocycles. The molecule has 0 spiro atoms. The second-order valence-electron chi connectivity index (χ2n) is 10.6. The van der Waals surface area contributed by atoms with Gasteiger partial charge < -0.3 is 24.8 Å². The van der Waals surface area contributed by atoms with Crippen molar-refractivity contribution >= 4 is 3.21 Å². The minimum Gasteiger partial charge on any atom is -1.00 e. The van der Waals surface area contributed by atoms with Crippen LogP contribution < -0.4 is 24.8 Å². The topological polar surface area (TPSA) is 0 Å². The van der Waals surface area contributed by atoms with E-state index in [1.807, 2.05) is 6.07 Å². The van der Waals surface area contributed by atoms with Crippen molar-refractivity contribution in [2.75, 3.05) is 0 Å². The molecule has 2 aliphatic rings. The average molecular weight is 563 g/mol. The summed E-state index contributed by atoms with van der Waals surface area (Å²) in [4.78, 5) is 0. The molecule has 0 aliphatic heterocycles. The molecule has 0 fully saturated rings. The van der Waals surface area contributed by atoms with E-state index in [-0.39, 0.29) is 35.6 Å². The quantitative estimate of drug-likeness (QED) is 0.468. The Morgan fingerprint density at radius 3 is 1.94 bits per heavy atom. The van der Waals surface area contributed by atoms with E-state index in [4.69, 9.17) is 0 Å². The summed E-state index contributed by atoms with van der Waals surface area (Å²) >= 11 is 1.51. The normalized spacial score (nSPS) is 14.6. The molecule has 0 bridgehead atoms. The predicted molar refractivity (Wildman–Crippen MR) is 133 cm³/mol. The molecule has 0 atom stereocenters. The number of rotatable bonds is 1. The van der Waals surface area contributed by atoms with E-state index in [1.165, 1.54) is 69.8 Å². The van der Waals surface area contributed by atoms with Gasteiger partial charge in [-0.2, -0.15) is 34.9 Å². The standard InChI is InChI=1S/C13H21.C9H11.C8H8.2ClH.Zr/c1-12(2,3)10-8-7-9-11(10)13(4,5)6;1-2-5-9-7-3-6-8(9)4-1;1-2-8-6-4-3-5-7-8;;;/h8H,7H2,1-6H3;3,6-7H,1-2,4-5H2;3-7H,1H3;2*1H;/q2*-1;;;;+2/p-2. The Labute approximate surface area is 230 Å². The summed E-state index contributed by atoms with van der Waals surface area (Å²) in [6, 6.07) is 17.2. The smallest absolute Gasteiger partial charge is 0.0512 e. The van der Waals surface area contributed by atoms with Gasteiger partial charge >= 0.3 is 70.3 Å². The number of benzene rings is 1. The van der Waals surface area contributed by atoms with Crippen LogP contribution in [0.3, 0.4) is 0 Å². The Balaban J connectivity index is 0.000000461. The molecule has 2 aliphatic carbocycles. The summed E-state index contributed by atoms with van der Waals surface area (Å²) in [6.07, 6.45) is 12.2. The summed E-state index contributed by atoms with van der Waals surface area (Å²) < 4.78 is 1.46. The Morgan fingerprint density at radius 1 is 0.879 bits per heavy atom. The van der Waals surface area contributed by atoms with Crippen molar-refractivity contribution < 1.29 is 49.0 Å². The van der Waals surface area contributed by atoms with Crippen molar-refractivity contribution in [2.24, 2.45) is 10.8 Å². The van der Waals surface area contributed by atoms with Gasteiger partial charge in [0.25, 0.3) is 0 Å². The summed E-state index contributed by atoms with van der Waals surface area (Å²) in [5.41, 5.74) is 7.99. The zero-order valence-corrected chi connectivity index (χ0v) is 25.5. The van der Waals surface area contributed by atoms with Gasteiger partial charge in [0.1, 0.15) is 0 Å². The molecule has 0 saturated carbocycles. The minimum atomic E-state index is 0. The molecule has 3 heteroatoms. The fourth-order valence-corrected chi connectivity index (χ4v) is 4.51. The van der Waals surface area contributed by atoms with Gasteiger partial charge in [0.05, 0.1) is 0 Å². The van der Waals surface area contributed by atoms with E-state index in [1.54, 1.807) is 11.1 Å². The molecule has 0 radical (unpaired) electrons. The van der Waals surface area contributed by atoms with Crippen molar-refractivity contribution in [3.8, 4) is 0 Å². The second kappa shape index (κ2) is 14.7. The fraction of sp³-hybridized carbons (Fsp3) is 0.467. The number of fused-ring (bicyclic) bond motifs is 1. The summed E-state index contributed by atoms with van der Waals surface area (Å²) in [5, 5.41) is 0. The maximum Gasteiger partial charge on any atom is -0.0512 e. The van der Waals surface area contributed by atoms with Gasteiger partial charge in [-0.1, -0.05) is 72.6 Å². The van der Waals surface area contributed by atoms with Crippen molar-refractivity contribution in [3.05, 3.63) is 88.5 Å². The first kappa shape index (κ1) is 32.4. The first-order chi connectivity index (χ1) is 14.5. The van der Waals surface area contributed by atoms with Crippen LogP contribution in [0.25, 0.3) is 0 Å². The molecule has 180 valence electrons. The van der Waals surface area contributed by atoms with Crippen LogP contribution in [0, 0.1) is 16.9 Å². The maximum atomic E-state index is 3.48. The molecule has 0 N–H and O–H groups in total. The largest absolute Gasteiger partial charge is 1.00 e. The third-order valence-electron chi connectivity index (χ3n) is 5.77. The van der Waals surface area contributed by atoms with Crippen molar-refractivity contribution in [2.45, 2.75) is 80.6 Å². The maximum absolute atomic E-state index is 3.48. The van der Waals surface area contributed by atoms with Gasteiger partial charge in [-0.3, -0.25) is 6.08 Å². The Kier molecular flexibility index (Phi) is 14.4. The van der Waals surface area contributed by atoms with Gasteiger partial charge in [-0.15, -0.1) is 6.42 Å². The number of halogens is 2. The fourth-order valence-electron chi connectivity index (χ4n) is 4.10. The molecule has 2 aromatic rings. The summed E-state index contributed by atoms with van der Waals surface area (Å²) in [7, 11) is 0. The van der Waals surface area contributed by atoms with Gasteiger partial charge in [0, 0.05) is 0 Å². The monoisotopic (exact) mass is 560 g/mol. The first-order valence-corrected chi connectivity index (χ1v) is 12.9. The van der Waals surface area contributed by atoms with E-state index >= 15 is 0 Å². The van der Waals surface area contributed by atoms with Gasteiger partial charge in [0.2, 0.25) is 0 Å². The zero-order valence-electron chi connectivity index (χ0n) is 21.5. The van der Waals surface area contributed by atoms with Crippen LogP contribution in [0.1, 0.15) is 84.4 Å². The minimum absolute atomic E-state index is 0. The predicted octanol–water partition coefficient (Wildman–Crippen LogP) is 2.20. The molecular formula is C30H40Cl2Zr-2. The second-order valence-corrected chi connectivity index (χ2v) is 12.5. The molecule has 0 aromatic heterocycles. The van der Waals surface area contributed by atoms with E-state index < -0.39 is 0 Å². The van der Waals surface area contributed by atoms with Crippen LogP contribution in [0.4, 0.5) is 0 Å². The SMILES string of the molecule is CC(C)(C)C1=[C-]CC=C1C(C)(C)C.C[C](=[Zr+2])c1ccccc1.[Cl-].[Cl-].c1cc2c([cH-]1)CCCC2. The average Bonchev–Trinajstić information content (AvgIpc) is 3.39. The number of hydrogen-bond donors (Lipinski definition) is 0. The number of hydrogen-bond acceptors (Lipinski definition) is 0. The van der Waals surface area contributed by atoms with Crippen molar-refractivity contribution in [3.63, 3.8) is 0 Å². The Morgan fingerprint density at radius 2 is 1.48 bits per heavy atom. The van der Waals surface area contributed by atoms with Crippen LogP contribution in [0.5, 0.6) is 0 Å². The van der Waals surface area contributed by atoms with Gasteiger partial charge in [-0.05, 0) is 5.41 Å². The number of allylic oxidation sites excluding steroid dienone is 4. The van der Waals surface area contributed by atoms with Crippen LogP contribution in [-0.4, -0.2) is 3.21 Å². The van der Waals surface area contributed by atoms with Crippen LogP contribution in [-0.2, 0) is 37.1 Å². The molecular weight excluding hydrogens is 522 g/mol. The molecule has 0 unspecified atom stereocenters.